The van der Waals surface area contributed by atoms with E-state index in [-0.39, 0.29) is 13.2 Å². The molecule has 0 aliphatic rings. The molecule has 126 valence electrons. The zero-order valence-corrected chi connectivity index (χ0v) is 13.2. The summed E-state index contributed by atoms with van der Waals surface area (Å²) in [5, 5.41) is 4.66. The first kappa shape index (κ1) is 17.5. The summed E-state index contributed by atoms with van der Waals surface area (Å²) >= 11 is 0. The van der Waals surface area contributed by atoms with E-state index in [4.69, 9.17) is 14.2 Å². The molecule has 24 heavy (non-hydrogen) atoms. The first-order chi connectivity index (χ1) is 11.7. The third kappa shape index (κ3) is 5.73. The van der Waals surface area contributed by atoms with Crippen molar-refractivity contribution in [2.45, 2.75) is 0 Å². The van der Waals surface area contributed by atoms with Crippen LogP contribution in [0.1, 0.15) is 0 Å². The van der Waals surface area contributed by atoms with Crippen molar-refractivity contribution in [1.82, 2.24) is 5.32 Å². The lowest BCUT2D eigenvalue weighted by Crippen LogP contribution is -2.30. The van der Waals surface area contributed by atoms with Crippen molar-refractivity contribution in [3.05, 3.63) is 55.1 Å². The highest BCUT2D eigenvalue weighted by atomic mass is 16.6. The summed E-state index contributed by atoms with van der Waals surface area (Å²) < 4.78 is 15.2. The molecule has 0 aliphatic carbocycles. The highest BCUT2D eigenvalue weighted by Gasteiger charge is 2.04. The number of carbonyl (C=O) groups is 2. The Hall–Kier alpha value is -2.86. The van der Waals surface area contributed by atoms with Crippen LogP contribution in [0.5, 0.6) is 5.75 Å². The molecule has 6 nitrogen and oxygen atoms in total. The third-order valence-electron chi connectivity index (χ3n) is 3.09. The molecule has 6 heteroatoms. The zero-order chi connectivity index (χ0) is 17.2. The van der Waals surface area contributed by atoms with Gasteiger partial charge in [0, 0.05) is 12.6 Å². The molecule has 0 saturated heterocycles. The second kappa shape index (κ2) is 9.32. The molecule has 0 radical (unpaired) electrons. The van der Waals surface area contributed by atoms with Gasteiger partial charge in [0.15, 0.2) is 0 Å². The van der Waals surface area contributed by atoms with E-state index in [2.05, 4.69) is 11.9 Å². The van der Waals surface area contributed by atoms with Crippen LogP contribution < -0.4 is 10.1 Å². The molecule has 0 aromatic heterocycles. The van der Waals surface area contributed by atoms with Crippen molar-refractivity contribution < 1.29 is 23.8 Å². The summed E-state index contributed by atoms with van der Waals surface area (Å²) in [5.74, 6) is -0.0147. The fourth-order valence-electron chi connectivity index (χ4n) is 1.96. The number of esters is 1. The van der Waals surface area contributed by atoms with Gasteiger partial charge in [-0.25, -0.2) is 9.59 Å². The molecule has 0 spiro atoms. The molecule has 2 aromatic rings. The Bertz CT molecular complexity index is 713. The van der Waals surface area contributed by atoms with E-state index in [1.807, 2.05) is 30.3 Å². The minimum absolute atomic E-state index is 0.145. The van der Waals surface area contributed by atoms with Gasteiger partial charge in [0.2, 0.25) is 0 Å². The van der Waals surface area contributed by atoms with Crippen LogP contribution in [0.3, 0.4) is 0 Å². The summed E-state index contributed by atoms with van der Waals surface area (Å²) in [6, 6.07) is 13.3. The summed E-state index contributed by atoms with van der Waals surface area (Å²) in [7, 11) is 0. The van der Waals surface area contributed by atoms with Gasteiger partial charge in [-0.1, -0.05) is 36.9 Å². The number of hydrogen-bond donors (Lipinski definition) is 1. The van der Waals surface area contributed by atoms with E-state index in [0.29, 0.717) is 18.9 Å². The number of benzene rings is 2. The van der Waals surface area contributed by atoms with Crippen molar-refractivity contribution >= 4 is 22.8 Å². The number of amides is 1. The largest absolute Gasteiger partial charge is 0.460 e. The first-order valence-electron chi connectivity index (χ1n) is 7.50. The minimum atomic E-state index is -0.549. The van der Waals surface area contributed by atoms with Crippen LogP contribution in [0.4, 0.5) is 4.79 Å². The van der Waals surface area contributed by atoms with E-state index in [9.17, 15) is 9.59 Å². The molecule has 0 bridgehead atoms. The highest BCUT2D eigenvalue weighted by Crippen LogP contribution is 2.20. The second-order valence-electron chi connectivity index (χ2n) is 4.81. The van der Waals surface area contributed by atoms with E-state index in [1.165, 1.54) is 0 Å². The molecule has 1 N–H and O–H groups in total. The first-order valence-corrected chi connectivity index (χ1v) is 7.50. The van der Waals surface area contributed by atoms with Gasteiger partial charge in [-0.15, -0.1) is 0 Å². The predicted octanol–water partition coefficient (Wildman–Crippen LogP) is 2.67. The average molecular weight is 329 g/mol. The van der Waals surface area contributed by atoms with Crippen LogP contribution >= 0.6 is 0 Å². The van der Waals surface area contributed by atoms with Crippen LogP contribution in [0, 0.1) is 0 Å². The van der Waals surface area contributed by atoms with Crippen molar-refractivity contribution in [3.8, 4) is 5.75 Å². The Kier molecular flexibility index (Phi) is 6.79. The Labute approximate surface area is 140 Å². The molecule has 0 unspecified atom stereocenters. The van der Waals surface area contributed by atoms with E-state index < -0.39 is 12.1 Å². The number of fused-ring (bicyclic) bond motifs is 1. The van der Waals surface area contributed by atoms with Gasteiger partial charge in [-0.2, -0.15) is 0 Å². The van der Waals surface area contributed by atoms with Gasteiger partial charge in [0.05, 0.1) is 13.2 Å². The Balaban J connectivity index is 1.64. The van der Waals surface area contributed by atoms with Crippen molar-refractivity contribution in [1.29, 1.82) is 0 Å². The third-order valence-corrected chi connectivity index (χ3v) is 3.09. The highest BCUT2D eigenvalue weighted by molar-refractivity contribution is 5.84. The standard InChI is InChI=1S/C18H19NO5/c1-2-17(20)23-12-11-22-10-9-19-18(21)24-16-8-7-14-5-3-4-6-15(14)13-16/h2-8,13H,1,9-12H2,(H,19,21). The SMILES string of the molecule is C=CC(=O)OCCOCCNC(=O)Oc1ccc2ccccc2c1. The van der Waals surface area contributed by atoms with E-state index in [1.54, 1.807) is 12.1 Å². The number of ether oxygens (including phenoxy) is 3. The minimum Gasteiger partial charge on any atom is -0.460 e. The van der Waals surface area contributed by atoms with E-state index >= 15 is 0 Å². The lowest BCUT2D eigenvalue weighted by molar-refractivity contribution is -0.139. The van der Waals surface area contributed by atoms with Gasteiger partial charge < -0.3 is 19.5 Å². The van der Waals surface area contributed by atoms with Crippen molar-refractivity contribution in [2.75, 3.05) is 26.4 Å². The van der Waals surface area contributed by atoms with Gasteiger partial charge in [-0.05, 0) is 22.9 Å². The lowest BCUT2D eigenvalue weighted by Gasteiger charge is -2.08. The molecule has 0 heterocycles. The number of rotatable bonds is 8. The maximum absolute atomic E-state index is 11.7. The second-order valence-corrected chi connectivity index (χ2v) is 4.81. The molecule has 1 amide bonds. The summed E-state index contributed by atoms with van der Waals surface area (Å²) in [4.78, 5) is 22.5. The van der Waals surface area contributed by atoms with E-state index in [0.717, 1.165) is 16.8 Å². The average Bonchev–Trinajstić information content (AvgIpc) is 2.60. The smallest absolute Gasteiger partial charge is 0.412 e. The number of nitrogens with one attached hydrogen (secondary N) is 1. The zero-order valence-electron chi connectivity index (χ0n) is 13.2. The van der Waals surface area contributed by atoms with Crippen LogP contribution in [0.15, 0.2) is 55.1 Å². The lowest BCUT2D eigenvalue weighted by atomic mass is 10.1. The fraction of sp³-hybridized carbons (Fsp3) is 0.222. The van der Waals surface area contributed by atoms with Crippen molar-refractivity contribution in [2.24, 2.45) is 0 Å². The molecular formula is C18H19NO5. The molecule has 0 saturated carbocycles. The predicted molar refractivity (Wildman–Crippen MR) is 89.9 cm³/mol. The van der Waals surface area contributed by atoms with Crippen LogP contribution in [-0.2, 0) is 14.3 Å². The maximum atomic E-state index is 11.7. The number of hydrogen-bond acceptors (Lipinski definition) is 5. The van der Waals surface area contributed by atoms with Gasteiger partial charge in [0.1, 0.15) is 12.4 Å². The molecule has 2 rings (SSSR count). The monoisotopic (exact) mass is 329 g/mol. The van der Waals surface area contributed by atoms with Crippen LogP contribution in [0.2, 0.25) is 0 Å². The quantitative estimate of drug-likeness (QED) is 0.458. The van der Waals surface area contributed by atoms with Crippen LogP contribution in [-0.4, -0.2) is 38.4 Å². The summed E-state index contributed by atoms with van der Waals surface area (Å²) in [6.07, 6.45) is 0.539. The molecule has 0 atom stereocenters. The maximum Gasteiger partial charge on any atom is 0.412 e. The number of carbonyl (C=O) groups excluding carboxylic acids is 2. The van der Waals surface area contributed by atoms with Gasteiger partial charge >= 0.3 is 12.1 Å². The van der Waals surface area contributed by atoms with Gasteiger partial charge in [-0.3, -0.25) is 0 Å². The Morgan fingerprint density at radius 1 is 1.04 bits per heavy atom. The van der Waals surface area contributed by atoms with Crippen molar-refractivity contribution in [3.63, 3.8) is 0 Å². The summed E-state index contributed by atoms with van der Waals surface area (Å²) in [6.45, 7) is 4.26. The Morgan fingerprint density at radius 3 is 2.62 bits per heavy atom. The molecule has 0 fully saturated rings. The normalized spacial score (nSPS) is 10.2. The Morgan fingerprint density at radius 2 is 1.83 bits per heavy atom. The summed E-state index contributed by atoms with van der Waals surface area (Å²) in [5.41, 5.74) is 0. The van der Waals surface area contributed by atoms with Gasteiger partial charge in [0.25, 0.3) is 0 Å². The molecular weight excluding hydrogens is 310 g/mol. The van der Waals surface area contributed by atoms with Crippen LogP contribution in [0.25, 0.3) is 10.8 Å². The molecule has 2 aromatic carbocycles. The topological polar surface area (TPSA) is 73.9 Å². The molecule has 0 aliphatic heterocycles. The fourth-order valence-corrected chi connectivity index (χ4v) is 1.96.